The zero-order valence-electron chi connectivity index (χ0n) is 6.05. The van der Waals surface area contributed by atoms with Crippen LogP contribution >= 0.6 is 13.6 Å². The molecular weight excluding hydrogens is 255 g/mol. The number of benzene rings is 1. The molecule has 0 spiro atoms. The summed E-state index contributed by atoms with van der Waals surface area (Å²) in [4.78, 5) is 3.26. The molecule has 0 heterocycles. The zero-order chi connectivity index (χ0) is 8.69. The molecule has 1 aromatic carbocycles. The first-order valence-corrected chi connectivity index (χ1v) is 9.84. The van der Waals surface area contributed by atoms with Crippen LogP contribution in [-0.2, 0) is 16.3 Å². The predicted molar refractivity (Wildman–Crippen MR) is 46.1 cm³/mol. The van der Waals surface area contributed by atoms with Gasteiger partial charge >= 0.3 is 30.0 Å². The average molecular weight is 261 g/mol. The van der Waals surface area contributed by atoms with Crippen molar-refractivity contribution in [1.29, 1.82) is 0 Å². The summed E-state index contributed by atoms with van der Waals surface area (Å²) in [5.41, 5.74) is 1.44. The third-order valence-corrected chi connectivity index (χ3v) is 1.11. The molecule has 0 aliphatic rings. The number of halogens is 1. The van der Waals surface area contributed by atoms with Crippen molar-refractivity contribution in [3.63, 3.8) is 0 Å². The van der Waals surface area contributed by atoms with E-state index >= 15 is 0 Å². The molecule has 11 heavy (non-hydrogen) atoms. The van der Waals surface area contributed by atoms with Crippen LogP contribution in [-0.4, -0.2) is 0 Å². The van der Waals surface area contributed by atoms with Crippen molar-refractivity contribution in [3.8, 4) is 0 Å². The zero-order valence-corrected chi connectivity index (χ0v) is 10.6. The van der Waals surface area contributed by atoms with Crippen molar-refractivity contribution < 1.29 is 16.3 Å². The van der Waals surface area contributed by atoms with E-state index in [0.717, 1.165) is 5.56 Å². The van der Waals surface area contributed by atoms with Crippen molar-refractivity contribution in [2.45, 2.75) is 0 Å². The molecule has 3 heteroatoms. The summed E-state index contributed by atoms with van der Waals surface area (Å²) in [6.45, 7) is 10.3. The normalized spacial score (nSPS) is 7.45. The fourth-order valence-corrected chi connectivity index (χ4v) is 0.620. The van der Waals surface area contributed by atoms with E-state index in [0.29, 0.717) is 5.69 Å². The van der Waals surface area contributed by atoms with E-state index in [-0.39, 0.29) is 0 Å². The van der Waals surface area contributed by atoms with Gasteiger partial charge in [-0.15, -0.1) is 11.6 Å². The van der Waals surface area contributed by atoms with Crippen molar-refractivity contribution in [1.82, 2.24) is 0 Å². The van der Waals surface area contributed by atoms with Crippen molar-refractivity contribution in [3.05, 3.63) is 48.2 Å². The molecule has 0 aromatic heterocycles. The molecule has 0 saturated carbocycles. The molecule has 0 N–H and O–H groups in total. The Bertz CT molecular complexity index is 255. The molecule has 0 atom stereocenters. The van der Waals surface area contributed by atoms with E-state index in [1.54, 1.807) is 6.07 Å². The van der Waals surface area contributed by atoms with Crippen LogP contribution in [0.3, 0.4) is 0 Å². The Morgan fingerprint density at radius 3 is 2.27 bits per heavy atom. The molecule has 0 bridgehead atoms. The van der Waals surface area contributed by atoms with Gasteiger partial charge in [0, 0.05) is 0 Å². The van der Waals surface area contributed by atoms with Gasteiger partial charge in [-0.05, 0) is 6.07 Å². The van der Waals surface area contributed by atoms with Gasteiger partial charge in [-0.25, -0.2) is 4.85 Å². The number of hydrogen-bond acceptors (Lipinski definition) is 0. The van der Waals surface area contributed by atoms with Gasteiger partial charge < -0.3 is 0 Å². The summed E-state index contributed by atoms with van der Waals surface area (Å²) in [7, 11) is 0. The number of hydrogen-bond donors (Lipinski definition) is 0. The number of para-hydroxylation sites is 1. The molecule has 1 aromatic rings. The van der Waals surface area contributed by atoms with Gasteiger partial charge in [0.05, 0.1) is 0 Å². The fourth-order valence-electron chi connectivity index (χ4n) is 0.620. The Morgan fingerprint density at radius 1 is 1.36 bits per heavy atom. The van der Waals surface area contributed by atoms with Crippen LogP contribution in [0.4, 0.5) is 5.69 Å². The van der Waals surface area contributed by atoms with Crippen LogP contribution in [0.1, 0.15) is 5.56 Å². The van der Waals surface area contributed by atoms with Crippen LogP contribution in [0.2, 0.25) is 0 Å². The van der Waals surface area contributed by atoms with Crippen LogP contribution in [0.5, 0.6) is 0 Å². The second-order valence-corrected chi connectivity index (χ2v) is 1.74. The maximum atomic E-state index is 6.67. The molecule has 0 unspecified atom stereocenters. The Balaban J connectivity index is 0.000000461. The number of rotatable bonds is 0. The van der Waals surface area contributed by atoms with Crippen LogP contribution in [0.25, 0.3) is 4.85 Å². The van der Waals surface area contributed by atoms with Crippen molar-refractivity contribution in [2.75, 3.05) is 0 Å². The van der Waals surface area contributed by atoms with E-state index < -0.39 is 0 Å². The summed E-state index contributed by atoms with van der Waals surface area (Å²) in [5.74, 6) is 0. The van der Waals surface area contributed by atoms with Gasteiger partial charge in [-0.1, -0.05) is 6.07 Å². The minimum absolute atomic E-state index is 0.637. The summed E-state index contributed by atoms with van der Waals surface area (Å²) in [6.07, 6.45) is 0. The van der Waals surface area contributed by atoms with E-state index in [1.807, 2.05) is 18.2 Å². The van der Waals surface area contributed by atoms with E-state index in [9.17, 15) is 0 Å². The Labute approximate surface area is 83.7 Å². The second-order valence-electron chi connectivity index (χ2n) is 1.74. The molecule has 0 aliphatic heterocycles. The molecule has 52 valence electrons. The quantitative estimate of drug-likeness (QED) is 0.499. The third kappa shape index (κ3) is 3.55. The third-order valence-electron chi connectivity index (χ3n) is 1.11. The maximum absolute atomic E-state index is 6.67. The summed E-state index contributed by atoms with van der Waals surface area (Å²) in [6, 6.07) is 7.29. The number of nitrogens with zero attached hydrogens (tertiary/aromatic N) is 1. The SMILES string of the molecule is [C-]#[N+]c1ccccc1[CH2-].[Zn+][Br]. The fraction of sp³-hybridized carbons (Fsp3) is 0. The Hall–Kier alpha value is -0.317. The Kier molecular flexibility index (Phi) is 6.21. The predicted octanol–water partition coefficient (Wildman–Crippen LogP) is 3.26. The van der Waals surface area contributed by atoms with Crippen LogP contribution < -0.4 is 0 Å². The second kappa shape index (κ2) is 6.40. The molecule has 1 nitrogen and oxygen atoms in total. The molecule has 1 rings (SSSR count). The van der Waals surface area contributed by atoms with Crippen LogP contribution in [0, 0.1) is 13.5 Å². The van der Waals surface area contributed by atoms with Gasteiger partial charge in [0.1, 0.15) is 6.57 Å². The van der Waals surface area contributed by atoms with Gasteiger partial charge in [0.15, 0.2) is 0 Å². The van der Waals surface area contributed by atoms with Gasteiger partial charge in [-0.3, -0.25) is 0 Å². The van der Waals surface area contributed by atoms with E-state index in [1.165, 1.54) is 16.3 Å². The topological polar surface area (TPSA) is 4.36 Å². The standard InChI is InChI=1S/C8H6N.BrH.Zn/c1-7-5-3-4-6-8(7)9-2;;/h3-6H,1H2;1H;/q-1;;+2/p-1. The van der Waals surface area contributed by atoms with Gasteiger partial charge in [0.25, 0.3) is 0 Å². The minimum atomic E-state index is 0.637. The molecule has 0 aliphatic carbocycles. The molecule has 0 radical (unpaired) electrons. The molecular formula is C8H6BrNZn. The van der Waals surface area contributed by atoms with E-state index in [2.05, 4.69) is 25.4 Å². The first kappa shape index (κ1) is 10.7. The van der Waals surface area contributed by atoms with E-state index in [4.69, 9.17) is 6.57 Å². The first-order chi connectivity index (χ1) is 5.34. The van der Waals surface area contributed by atoms with Gasteiger partial charge in [-0.2, -0.15) is 13.0 Å². The molecule has 0 saturated heterocycles. The molecule has 0 amide bonds. The first-order valence-electron chi connectivity index (χ1n) is 2.90. The Morgan fingerprint density at radius 2 is 1.91 bits per heavy atom. The summed E-state index contributed by atoms with van der Waals surface area (Å²) < 4.78 is 0. The summed E-state index contributed by atoms with van der Waals surface area (Å²) >= 11 is 4.25. The van der Waals surface area contributed by atoms with Crippen molar-refractivity contribution >= 4 is 19.3 Å². The van der Waals surface area contributed by atoms with Crippen molar-refractivity contribution in [2.24, 2.45) is 0 Å². The molecule has 0 fully saturated rings. The summed E-state index contributed by atoms with van der Waals surface area (Å²) in [5, 5.41) is 0. The van der Waals surface area contributed by atoms with Gasteiger partial charge in [0.2, 0.25) is 5.69 Å². The average Bonchev–Trinajstić information content (AvgIpc) is 2.09. The van der Waals surface area contributed by atoms with Crippen LogP contribution in [0.15, 0.2) is 24.3 Å². The monoisotopic (exact) mass is 259 g/mol.